The van der Waals surface area contributed by atoms with Gasteiger partial charge in [-0.05, 0) is 24.3 Å². The number of primary amides is 1. The number of nitrogens with two attached hydrogens (primary N) is 1. The fourth-order valence-corrected chi connectivity index (χ4v) is 2.71. The molecule has 0 saturated heterocycles. The van der Waals surface area contributed by atoms with Crippen molar-refractivity contribution in [3.8, 4) is 17.2 Å². The molecule has 0 atom stereocenters. The summed E-state index contributed by atoms with van der Waals surface area (Å²) in [5.74, 6) is 1.33. The van der Waals surface area contributed by atoms with Gasteiger partial charge >= 0.3 is 0 Å². The zero-order valence-electron chi connectivity index (χ0n) is 16.4. The van der Waals surface area contributed by atoms with Crippen LogP contribution in [0.4, 0.5) is 23.1 Å². The van der Waals surface area contributed by atoms with Crippen molar-refractivity contribution in [2.75, 3.05) is 32.0 Å². The standard InChI is InChI=1S/C19H19ClN6O4/c1-28-13-8-12(9-14(29-2)15(13)30-3)22-18-16(20)25-26-19(24-18)23-11-6-4-10(5-7-11)17(21)27/h4-9H,1-3H3,(H2,21,27)(H2,22,23,24,26). The van der Waals surface area contributed by atoms with Crippen molar-refractivity contribution in [3.63, 3.8) is 0 Å². The second-order valence-electron chi connectivity index (χ2n) is 5.88. The van der Waals surface area contributed by atoms with Gasteiger partial charge in [-0.25, -0.2) is 0 Å². The summed E-state index contributed by atoms with van der Waals surface area (Å²) in [4.78, 5) is 15.5. The first-order valence-electron chi connectivity index (χ1n) is 8.59. The molecule has 3 aromatic rings. The predicted molar refractivity (Wildman–Crippen MR) is 112 cm³/mol. The lowest BCUT2D eigenvalue weighted by Gasteiger charge is -2.15. The number of aromatic nitrogens is 3. The monoisotopic (exact) mass is 430 g/mol. The van der Waals surface area contributed by atoms with E-state index < -0.39 is 5.91 Å². The van der Waals surface area contributed by atoms with Gasteiger partial charge in [0.25, 0.3) is 0 Å². The van der Waals surface area contributed by atoms with Crippen molar-refractivity contribution in [1.29, 1.82) is 0 Å². The molecule has 0 saturated carbocycles. The Morgan fingerprint density at radius 1 is 0.933 bits per heavy atom. The highest BCUT2D eigenvalue weighted by Crippen LogP contribution is 2.40. The van der Waals surface area contributed by atoms with Crippen molar-refractivity contribution >= 4 is 40.6 Å². The molecule has 0 bridgehead atoms. The summed E-state index contributed by atoms with van der Waals surface area (Å²) in [5.41, 5.74) is 6.86. The molecule has 1 aromatic heterocycles. The molecule has 10 nitrogen and oxygen atoms in total. The third-order valence-corrected chi connectivity index (χ3v) is 4.25. The minimum atomic E-state index is -0.511. The third kappa shape index (κ3) is 4.61. The molecule has 0 aliphatic rings. The number of hydrogen-bond donors (Lipinski definition) is 3. The zero-order valence-corrected chi connectivity index (χ0v) is 17.1. The molecule has 0 aliphatic heterocycles. The number of anilines is 4. The third-order valence-electron chi connectivity index (χ3n) is 4.00. The lowest BCUT2D eigenvalue weighted by atomic mass is 10.2. The minimum Gasteiger partial charge on any atom is -0.493 e. The van der Waals surface area contributed by atoms with Crippen molar-refractivity contribution in [1.82, 2.24) is 15.2 Å². The first-order chi connectivity index (χ1) is 14.4. The molecule has 30 heavy (non-hydrogen) atoms. The number of carbonyl (C=O) groups excluding carboxylic acids is 1. The number of ether oxygens (including phenoxy) is 3. The van der Waals surface area contributed by atoms with Crippen molar-refractivity contribution in [2.45, 2.75) is 0 Å². The Bertz CT molecular complexity index is 1040. The average Bonchev–Trinajstić information content (AvgIpc) is 2.75. The molecule has 11 heteroatoms. The van der Waals surface area contributed by atoms with E-state index in [-0.39, 0.29) is 16.9 Å². The van der Waals surface area contributed by atoms with E-state index in [1.807, 2.05) is 0 Å². The highest BCUT2D eigenvalue weighted by Gasteiger charge is 2.15. The molecule has 0 aliphatic carbocycles. The normalized spacial score (nSPS) is 10.3. The van der Waals surface area contributed by atoms with E-state index in [4.69, 9.17) is 31.5 Å². The summed E-state index contributed by atoms with van der Waals surface area (Å²) in [6.45, 7) is 0. The van der Waals surface area contributed by atoms with Crippen molar-refractivity contribution < 1.29 is 19.0 Å². The fraction of sp³-hybridized carbons (Fsp3) is 0.158. The maximum absolute atomic E-state index is 11.2. The lowest BCUT2D eigenvalue weighted by Crippen LogP contribution is -2.10. The summed E-state index contributed by atoms with van der Waals surface area (Å²) in [5, 5.41) is 13.9. The minimum absolute atomic E-state index is 0.0679. The molecule has 2 aromatic carbocycles. The van der Waals surface area contributed by atoms with E-state index >= 15 is 0 Å². The highest BCUT2D eigenvalue weighted by atomic mass is 35.5. The predicted octanol–water partition coefficient (Wildman–Crippen LogP) is 3.14. The van der Waals surface area contributed by atoms with E-state index in [1.165, 1.54) is 21.3 Å². The van der Waals surface area contributed by atoms with Gasteiger partial charge in [0.15, 0.2) is 22.5 Å². The summed E-state index contributed by atoms with van der Waals surface area (Å²) in [6.07, 6.45) is 0. The second-order valence-corrected chi connectivity index (χ2v) is 6.24. The van der Waals surface area contributed by atoms with Crippen LogP contribution in [0.25, 0.3) is 0 Å². The van der Waals surface area contributed by atoms with E-state index in [1.54, 1.807) is 36.4 Å². The number of nitrogens with zero attached hydrogens (tertiary/aromatic N) is 3. The van der Waals surface area contributed by atoms with Crippen LogP contribution in [0.3, 0.4) is 0 Å². The SMILES string of the molecule is COc1cc(Nc2nc(Nc3ccc(C(N)=O)cc3)nnc2Cl)cc(OC)c1OC. The molecular weight excluding hydrogens is 412 g/mol. The molecule has 0 radical (unpaired) electrons. The molecule has 0 unspecified atom stereocenters. The molecule has 156 valence electrons. The number of amides is 1. The van der Waals surface area contributed by atoms with Gasteiger partial charge in [-0.3, -0.25) is 4.79 Å². The molecule has 0 fully saturated rings. The van der Waals surface area contributed by atoms with Gasteiger partial charge in [-0.15, -0.1) is 10.2 Å². The second kappa shape index (κ2) is 9.14. The van der Waals surface area contributed by atoms with Gasteiger partial charge in [0.05, 0.1) is 21.3 Å². The summed E-state index contributed by atoms with van der Waals surface area (Å²) < 4.78 is 16.0. The van der Waals surface area contributed by atoms with Crippen molar-refractivity contribution in [2.24, 2.45) is 5.73 Å². The first-order valence-corrected chi connectivity index (χ1v) is 8.97. The number of hydrogen-bond acceptors (Lipinski definition) is 9. The number of nitrogens with one attached hydrogen (secondary N) is 2. The van der Waals surface area contributed by atoms with Gasteiger partial charge in [0.2, 0.25) is 17.6 Å². The number of rotatable bonds is 8. The Hall–Kier alpha value is -3.79. The van der Waals surface area contributed by atoms with Gasteiger partial charge < -0.3 is 30.6 Å². The van der Waals surface area contributed by atoms with E-state index in [2.05, 4.69) is 25.8 Å². The molecule has 4 N–H and O–H groups in total. The fourth-order valence-electron chi connectivity index (χ4n) is 2.58. The lowest BCUT2D eigenvalue weighted by molar-refractivity contribution is 0.100. The van der Waals surface area contributed by atoms with Crippen LogP contribution in [0.5, 0.6) is 17.2 Å². The Labute approximate surface area is 177 Å². The highest BCUT2D eigenvalue weighted by molar-refractivity contribution is 6.31. The largest absolute Gasteiger partial charge is 0.493 e. The van der Waals surface area contributed by atoms with Gasteiger partial charge in [-0.1, -0.05) is 11.6 Å². The quantitative estimate of drug-likeness (QED) is 0.492. The zero-order chi connectivity index (χ0) is 21.7. The van der Waals surface area contributed by atoms with Crippen LogP contribution in [0, 0.1) is 0 Å². The van der Waals surface area contributed by atoms with Crippen LogP contribution in [0.15, 0.2) is 36.4 Å². The molecule has 1 amide bonds. The average molecular weight is 431 g/mol. The smallest absolute Gasteiger partial charge is 0.249 e. The first kappa shape index (κ1) is 20.9. The van der Waals surface area contributed by atoms with Crippen LogP contribution >= 0.6 is 11.6 Å². The maximum Gasteiger partial charge on any atom is 0.249 e. The van der Waals surface area contributed by atoms with E-state index in [0.717, 1.165) is 0 Å². The van der Waals surface area contributed by atoms with Gasteiger partial charge in [0.1, 0.15) is 0 Å². The molecule has 1 heterocycles. The van der Waals surface area contributed by atoms with Crippen LogP contribution in [-0.4, -0.2) is 42.4 Å². The van der Waals surface area contributed by atoms with Crippen molar-refractivity contribution in [3.05, 3.63) is 47.1 Å². The number of halogens is 1. The van der Waals surface area contributed by atoms with Crippen LogP contribution in [0.2, 0.25) is 5.15 Å². The summed E-state index contributed by atoms with van der Waals surface area (Å²) in [7, 11) is 4.56. The van der Waals surface area contributed by atoms with Crippen LogP contribution < -0.4 is 30.6 Å². The Balaban J connectivity index is 1.86. The topological polar surface area (TPSA) is 134 Å². The molecule has 0 spiro atoms. The van der Waals surface area contributed by atoms with E-state index in [9.17, 15) is 4.79 Å². The summed E-state index contributed by atoms with van der Waals surface area (Å²) in [6, 6.07) is 9.92. The Morgan fingerprint density at radius 2 is 1.57 bits per heavy atom. The van der Waals surface area contributed by atoms with E-state index in [0.29, 0.717) is 34.2 Å². The van der Waals surface area contributed by atoms with Gasteiger partial charge in [-0.2, -0.15) is 4.98 Å². The summed E-state index contributed by atoms with van der Waals surface area (Å²) >= 11 is 6.15. The number of carbonyl (C=O) groups is 1. The van der Waals surface area contributed by atoms with Crippen LogP contribution in [-0.2, 0) is 0 Å². The maximum atomic E-state index is 11.2. The van der Waals surface area contributed by atoms with Crippen LogP contribution in [0.1, 0.15) is 10.4 Å². The Morgan fingerprint density at radius 3 is 2.10 bits per heavy atom. The number of benzene rings is 2. The molecule has 3 rings (SSSR count). The molecular formula is C19H19ClN6O4. The van der Waals surface area contributed by atoms with Gasteiger partial charge in [0, 0.05) is 29.1 Å². The number of methoxy groups -OCH3 is 3. The Kier molecular flexibility index (Phi) is 6.38.